The third-order valence-corrected chi connectivity index (χ3v) is 4.59. The van der Waals surface area contributed by atoms with Crippen LogP contribution in [0.1, 0.15) is 21.5 Å². The number of amides is 1. The largest absolute Gasteiger partial charge is 0.497 e. The van der Waals surface area contributed by atoms with Crippen LogP contribution in [0.3, 0.4) is 0 Å². The van der Waals surface area contributed by atoms with Crippen molar-refractivity contribution in [1.82, 2.24) is 5.43 Å². The van der Waals surface area contributed by atoms with E-state index in [1.165, 1.54) is 0 Å². The smallest absolute Gasteiger partial charge is 0.271 e. The van der Waals surface area contributed by atoms with Gasteiger partial charge in [0.1, 0.15) is 18.1 Å². The van der Waals surface area contributed by atoms with Gasteiger partial charge in [0.15, 0.2) is 0 Å². The molecule has 29 heavy (non-hydrogen) atoms. The third kappa shape index (κ3) is 5.98. The lowest BCUT2D eigenvalue weighted by molar-refractivity contribution is 0.0955. The van der Waals surface area contributed by atoms with Gasteiger partial charge in [0.25, 0.3) is 5.91 Å². The van der Waals surface area contributed by atoms with Gasteiger partial charge in [-0.1, -0.05) is 41.4 Å². The molecule has 0 heterocycles. The van der Waals surface area contributed by atoms with Crippen LogP contribution in [-0.2, 0) is 6.61 Å². The van der Waals surface area contributed by atoms with Crippen LogP contribution < -0.4 is 14.9 Å². The zero-order valence-corrected chi connectivity index (χ0v) is 17.1. The summed E-state index contributed by atoms with van der Waals surface area (Å²) in [7, 11) is 1.57. The van der Waals surface area contributed by atoms with Crippen molar-refractivity contribution in [2.45, 2.75) is 6.61 Å². The topological polar surface area (TPSA) is 59.9 Å². The van der Waals surface area contributed by atoms with E-state index < -0.39 is 0 Å². The second-order valence-electron chi connectivity index (χ2n) is 6.02. The Kier molecular flexibility index (Phi) is 7.11. The van der Waals surface area contributed by atoms with Crippen LogP contribution in [0.25, 0.3) is 0 Å². The van der Waals surface area contributed by atoms with E-state index in [0.717, 1.165) is 11.1 Å². The first-order valence-corrected chi connectivity index (χ1v) is 9.45. The molecule has 3 aromatic carbocycles. The Labute approximate surface area is 178 Å². The number of ether oxygens (including phenoxy) is 2. The highest BCUT2D eigenvalue weighted by molar-refractivity contribution is 6.35. The van der Waals surface area contributed by atoms with Gasteiger partial charge >= 0.3 is 0 Å². The number of rotatable bonds is 7. The van der Waals surface area contributed by atoms with E-state index in [-0.39, 0.29) is 5.91 Å². The summed E-state index contributed by atoms with van der Waals surface area (Å²) >= 11 is 12.1. The summed E-state index contributed by atoms with van der Waals surface area (Å²) < 4.78 is 10.9. The molecule has 1 N–H and O–H groups in total. The number of methoxy groups -OCH3 is 1. The zero-order chi connectivity index (χ0) is 20.6. The van der Waals surface area contributed by atoms with E-state index in [1.54, 1.807) is 49.7 Å². The maximum absolute atomic E-state index is 12.1. The van der Waals surface area contributed by atoms with Crippen LogP contribution >= 0.6 is 23.2 Å². The molecule has 1 amide bonds. The van der Waals surface area contributed by atoms with E-state index >= 15 is 0 Å². The number of hydrogen-bond donors (Lipinski definition) is 1. The van der Waals surface area contributed by atoms with Crippen molar-refractivity contribution in [3.63, 3.8) is 0 Å². The molecule has 0 unspecified atom stereocenters. The van der Waals surface area contributed by atoms with E-state index in [4.69, 9.17) is 32.7 Å². The molecule has 0 fully saturated rings. The lowest BCUT2D eigenvalue weighted by Crippen LogP contribution is -2.17. The predicted octanol–water partition coefficient (Wildman–Crippen LogP) is 5.34. The average molecular weight is 429 g/mol. The van der Waals surface area contributed by atoms with Gasteiger partial charge in [0.2, 0.25) is 0 Å². The molecule has 0 spiro atoms. The Morgan fingerprint density at radius 1 is 1.03 bits per heavy atom. The van der Waals surface area contributed by atoms with Crippen molar-refractivity contribution >= 4 is 35.3 Å². The van der Waals surface area contributed by atoms with Crippen molar-refractivity contribution < 1.29 is 14.3 Å². The molecule has 0 atom stereocenters. The number of halogens is 2. The molecule has 0 saturated carbocycles. The molecule has 3 aromatic rings. The molecule has 0 aliphatic heterocycles. The molecule has 148 valence electrons. The van der Waals surface area contributed by atoms with Crippen LogP contribution in [-0.4, -0.2) is 19.2 Å². The Hall–Kier alpha value is -3.02. The number of nitrogens with zero attached hydrogens (tertiary/aromatic N) is 1. The van der Waals surface area contributed by atoms with Gasteiger partial charge in [-0.25, -0.2) is 5.43 Å². The maximum Gasteiger partial charge on any atom is 0.271 e. The van der Waals surface area contributed by atoms with Crippen LogP contribution in [0.5, 0.6) is 11.5 Å². The fraction of sp³-hybridized carbons (Fsp3) is 0.0909. The number of nitrogens with one attached hydrogen (secondary N) is 1. The normalized spacial score (nSPS) is 10.7. The molecule has 0 radical (unpaired) electrons. The van der Waals surface area contributed by atoms with Crippen molar-refractivity contribution in [2.24, 2.45) is 5.10 Å². The Morgan fingerprint density at radius 3 is 2.55 bits per heavy atom. The van der Waals surface area contributed by atoms with Gasteiger partial charge in [-0.15, -0.1) is 0 Å². The molecule has 0 aliphatic rings. The predicted molar refractivity (Wildman–Crippen MR) is 115 cm³/mol. The molecule has 0 aromatic heterocycles. The number of carbonyl (C=O) groups is 1. The summed E-state index contributed by atoms with van der Waals surface area (Å²) in [6.07, 6.45) is 1.55. The number of hydrogen-bond acceptors (Lipinski definition) is 4. The highest BCUT2D eigenvalue weighted by Crippen LogP contribution is 2.23. The van der Waals surface area contributed by atoms with Crippen molar-refractivity contribution in [1.29, 1.82) is 0 Å². The van der Waals surface area contributed by atoms with Gasteiger partial charge in [-0.3, -0.25) is 4.79 Å². The van der Waals surface area contributed by atoms with Crippen molar-refractivity contribution in [3.05, 3.63) is 93.5 Å². The standard InChI is InChI=1S/C22H18Cl2N2O3/c1-28-19-9-6-16(7-10-19)22(27)26-25-13-15-3-2-4-20(11-15)29-14-17-5-8-18(23)12-21(17)24/h2-13H,14H2,1H3,(H,26,27)/b25-13-. The fourth-order valence-corrected chi connectivity index (χ4v) is 2.92. The SMILES string of the molecule is COc1ccc(C(=O)N/N=C\c2cccc(OCc3ccc(Cl)cc3Cl)c2)cc1. The monoisotopic (exact) mass is 428 g/mol. The summed E-state index contributed by atoms with van der Waals surface area (Å²) in [5, 5.41) is 5.13. The molecule has 3 rings (SSSR count). The Morgan fingerprint density at radius 2 is 1.83 bits per heavy atom. The van der Waals surface area contributed by atoms with E-state index in [1.807, 2.05) is 30.3 Å². The van der Waals surface area contributed by atoms with E-state index in [0.29, 0.717) is 33.7 Å². The van der Waals surface area contributed by atoms with Crippen molar-refractivity contribution in [3.8, 4) is 11.5 Å². The van der Waals surface area contributed by atoms with Gasteiger partial charge in [-0.2, -0.15) is 5.10 Å². The second kappa shape index (κ2) is 9.96. The zero-order valence-electron chi connectivity index (χ0n) is 15.6. The average Bonchev–Trinajstić information content (AvgIpc) is 2.73. The first-order valence-electron chi connectivity index (χ1n) is 8.69. The van der Waals surface area contributed by atoms with Gasteiger partial charge in [0.05, 0.1) is 13.3 Å². The minimum absolute atomic E-state index is 0.310. The molecule has 7 heteroatoms. The lowest BCUT2D eigenvalue weighted by atomic mass is 10.2. The summed E-state index contributed by atoms with van der Waals surface area (Å²) in [4.78, 5) is 12.1. The maximum atomic E-state index is 12.1. The number of hydrazone groups is 1. The summed E-state index contributed by atoms with van der Waals surface area (Å²) in [6.45, 7) is 0.310. The van der Waals surface area contributed by atoms with Crippen LogP contribution in [0, 0.1) is 0 Å². The first kappa shape index (κ1) is 20.7. The second-order valence-corrected chi connectivity index (χ2v) is 6.87. The number of benzene rings is 3. The lowest BCUT2D eigenvalue weighted by Gasteiger charge is -2.08. The van der Waals surface area contributed by atoms with Crippen LogP contribution in [0.2, 0.25) is 10.0 Å². The minimum Gasteiger partial charge on any atom is -0.497 e. The number of carbonyl (C=O) groups excluding carboxylic acids is 1. The van der Waals surface area contributed by atoms with E-state index in [2.05, 4.69) is 10.5 Å². The molecule has 0 aliphatic carbocycles. The highest BCUT2D eigenvalue weighted by atomic mass is 35.5. The molecular weight excluding hydrogens is 411 g/mol. The summed E-state index contributed by atoms with van der Waals surface area (Å²) in [5.41, 5.74) is 4.59. The van der Waals surface area contributed by atoms with E-state index in [9.17, 15) is 4.79 Å². The van der Waals surface area contributed by atoms with Crippen LogP contribution in [0.15, 0.2) is 71.8 Å². The fourth-order valence-electron chi connectivity index (χ4n) is 2.46. The van der Waals surface area contributed by atoms with Gasteiger partial charge in [0, 0.05) is 21.2 Å². The van der Waals surface area contributed by atoms with Gasteiger partial charge in [-0.05, 0) is 54.1 Å². The first-order chi connectivity index (χ1) is 14.0. The van der Waals surface area contributed by atoms with Crippen molar-refractivity contribution in [2.75, 3.05) is 7.11 Å². The minimum atomic E-state index is -0.311. The molecule has 5 nitrogen and oxygen atoms in total. The quantitative estimate of drug-likeness (QED) is 0.407. The summed E-state index contributed by atoms with van der Waals surface area (Å²) in [5.74, 6) is 1.02. The molecule has 0 saturated heterocycles. The Bertz CT molecular complexity index is 1020. The summed E-state index contributed by atoms with van der Waals surface area (Å²) in [6, 6.07) is 19.4. The Balaban J connectivity index is 1.57. The van der Waals surface area contributed by atoms with Gasteiger partial charge < -0.3 is 9.47 Å². The third-order valence-electron chi connectivity index (χ3n) is 4.00. The highest BCUT2D eigenvalue weighted by Gasteiger charge is 2.05. The molecular formula is C22H18Cl2N2O3. The molecule has 0 bridgehead atoms. The van der Waals surface area contributed by atoms with Crippen LogP contribution in [0.4, 0.5) is 0 Å².